The molecule has 0 saturated carbocycles. The van der Waals surface area contributed by atoms with Crippen molar-refractivity contribution in [2.75, 3.05) is 27.2 Å². The number of benzene rings is 1. The van der Waals surface area contributed by atoms with Gasteiger partial charge in [0.05, 0.1) is 11.6 Å². The van der Waals surface area contributed by atoms with E-state index in [9.17, 15) is 19.1 Å². The zero-order valence-electron chi connectivity index (χ0n) is 16.0. The van der Waals surface area contributed by atoms with Crippen LogP contribution in [0.4, 0.5) is 4.39 Å². The number of carbonyl (C=O) groups excluding carboxylic acids is 2. The van der Waals surface area contributed by atoms with Gasteiger partial charge in [0.2, 0.25) is 0 Å². The highest BCUT2D eigenvalue weighted by Gasteiger charge is 2.46. The molecule has 1 atom stereocenters. The Morgan fingerprint density at radius 1 is 1.29 bits per heavy atom. The average molecular weight is 383 g/mol. The SMILES string of the molecule is Cc1cc(/C(O)=C2/C(=O)C(=O)N(CCN(C)C)C2c2cccnc2)ccc1F. The van der Waals surface area contributed by atoms with Crippen LogP contribution in [-0.2, 0) is 9.59 Å². The Kier molecular flexibility index (Phi) is 5.56. The number of Topliss-reactive ketones (excluding diaryl/α,β-unsaturated/α-hetero) is 1. The summed E-state index contributed by atoms with van der Waals surface area (Å²) < 4.78 is 13.6. The summed E-state index contributed by atoms with van der Waals surface area (Å²) in [6.45, 7) is 2.44. The number of aliphatic hydroxyl groups excluding tert-OH is 1. The molecule has 3 rings (SSSR count). The van der Waals surface area contributed by atoms with E-state index in [0.29, 0.717) is 29.8 Å². The first kappa shape index (κ1) is 19.7. The molecule has 0 spiro atoms. The number of rotatable bonds is 5. The van der Waals surface area contributed by atoms with E-state index < -0.39 is 23.5 Å². The Bertz CT molecular complexity index is 941. The second-order valence-corrected chi connectivity index (χ2v) is 7.05. The Morgan fingerprint density at radius 2 is 2.04 bits per heavy atom. The predicted molar refractivity (Wildman–Crippen MR) is 103 cm³/mol. The number of nitrogens with zero attached hydrogens (tertiary/aromatic N) is 3. The van der Waals surface area contributed by atoms with Gasteiger partial charge in [-0.2, -0.15) is 0 Å². The molecule has 0 aliphatic carbocycles. The van der Waals surface area contributed by atoms with Gasteiger partial charge in [-0.15, -0.1) is 0 Å². The predicted octanol–water partition coefficient (Wildman–Crippen LogP) is 2.51. The molecule has 1 amide bonds. The average Bonchev–Trinajstić information content (AvgIpc) is 2.93. The Morgan fingerprint density at radius 3 is 2.64 bits per heavy atom. The van der Waals surface area contributed by atoms with Crippen molar-refractivity contribution in [3.05, 3.63) is 70.8 Å². The summed E-state index contributed by atoms with van der Waals surface area (Å²) in [5.74, 6) is -2.15. The lowest BCUT2D eigenvalue weighted by molar-refractivity contribution is -0.140. The summed E-state index contributed by atoms with van der Waals surface area (Å²) in [5.41, 5.74) is 1.24. The molecule has 1 aliphatic rings. The van der Waals surface area contributed by atoms with Crippen LogP contribution in [0, 0.1) is 12.7 Å². The second kappa shape index (κ2) is 7.90. The zero-order valence-corrected chi connectivity index (χ0v) is 16.0. The molecule has 0 radical (unpaired) electrons. The van der Waals surface area contributed by atoms with E-state index in [1.54, 1.807) is 31.5 Å². The number of ketones is 1. The van der Waals surface area contributed by atoms with Crippen LogP contribution >= 0.6 is 0 Å². The number of pyridine rings is 1. The second-order valence-electron chi connectivity index (χ2n) is 7.05. The number of likely N-dealkylation sites (tertiary alicyclic amines) is 1. The van der Waals surface area contributed by atoms with Crippen LogP contribution in [0.1, 0.15) is 22.7 Å². The van der Waals surface area contributed by atoms with Gasteiger partial charge < -0.3 is 14.9 Å². The van der Waals surface area contributed by atoms with E-state index in [1.807, 2.05) is 19.0 Å². The summed E-state index contributed by atoms with van der Waals surface area (Å²) in [7, 11) is 3.74. The lowest BCUT2D eigenvalue weighted by Gasteiger charge is -2.26. The first-order valence-corrected chi connectivity index (χ1v) is 8.91. The van der Waals surface area contributed by atoms with Gasteiger partial charge in [0.15, 0.2) is 0 Å². The van der Waals surface area contributed by atoms with Crippen LogP contribution in [0.3, 0.4) is 0 Å². The molecule has 6 nitrogen and oxygen atoms in total. The van der Waals surface area contributed by atoms with E-state index >= 15 is 0 Å². The number of halogens is 1. The van der Waals surface area contributed by atoms with Gasteiger partial charge in [-0.05, 0) is 56.4 Å². The van der Waals surface area contributed by atoms with Crippen LogP contribution in [0.25, 0.3) is 5.76 Å². The standard InChI is InChI=1S/C21H22FN3O3/c1-13-11-14(6-7-16(13)22)19(26)17-18(15-5-4-8-23-12-15)25(10-9-24(2)3)21(28)20(17)27/h4-8,11-12,18,26H,9-10H2,1-3H3/b19-17-. The number of likely N-dealkylation sites (N-methyl/N-ethyl adjacent to an activating group) is 1. The number of carbonyl (C=O) groups is 2. The smallest absolute Gasteiger partial charge is 0.295 e. The van der Waals surface area contributed by atoms with Crippen molar-refractivity contribution in [3.8, 4) is 0 Å². The third kappa shape index (κ3) is 3.66. The molecule has 7 heteroatoms. The van der Waals surface area contributed by atoms with Crippen molar-refractivity contribution in [1.82, 2.24) is 14.8 Å². The van der Waals surface area contributed by atoms with Gasteiger partial charge in [0.1, 0.15) is 11.6 Å². The van der Waals surface area contributed by atoms with Crippen LogP contribution < -0.4 is 0 Å². The Labute approximate surface area is 162 Å². The number of aliphatic hydroxyl groups is 1. The third-order valence-corrected chi connectivity index (χ3v) is 4.76. The Hall–Kier alpha value is -3.06. The Balaban J connectivity index is 2.14. The summed E-state index contributed by atoms with van der Waals surface area (Å²) in [6, 6.07) is 6.80. The van der Waals surface area contributed by atoms with Crippen LogP contribution in [0.2, 0.25) is 0 Å². The maximum atomic E-state index is 13.6. The van der Waals surface area contributed by atoms with Crippen molar-refractivity contribution in [1.29, 1.82) is 0 Å². The van der Waals surface area contributed by atoms with Gasteiger partial charge in [0, 0.05) is 31.0 Å². The van der Waals surface area contributed by atoms with Crippen molar-refractivity contribution in [3.63, 3.8) is 0 Å². The zero-order chi connectivity index (χ0) is 20.4. The van der Waals surface area contributed by atoms with Crippen LogP contribution in [0.5, 0.6) is 0 Å². The molecule has 28 heavy (non-hydrogen) atoms. The largest absolute Gasteiger partial charge is 0.507 e. The normalized spacial score (nSPS) is 18.9. The van der Waals surface area contributed by atoms with E-state index in [4.69, 9.17) is 0 Å². The molecule has 1 N–H and O–H groups in total. The van der Waals surface area contributed by atoms with E-state index in [0.717, 1.165) is 0 Å². The van der Waals surface area contributed by atoms with Crippen molar-refractivity contribution in [2.24, 2.45) is 0 Å². The fourth-order valence-electron chi connectivity index (χ4n) is 3.25. The summed E-state index contributed by atoms with van der Waals surface area (Å²) in [4.78, 5) is 32.9. The first-order chi connectivity index (χ1) is 13.3. The van der Waals surface area contributed by atoms with Crippen molar-refractivity contribution < 1.29 is 19.1 Å². The minimum Gasteiger partial charge on any atom is -0.507 e. The highest BCUT2D eigenvalue weighted by molar-refractivity contribution is 6.46. The molecule has 1 saturated heterocycles. The fourth-order valence-corrected chi connectivity index (χ4v) is 3.25. The van der Waals surface area contributed by atoms with Gasteiger partial charge >= 0.3 is 0 Å². The van der Waals surface area contributed by atoms with Crippen LogP contribution in [-0.4, -0.2) is 58.8 Å². The number of hydrogen-bond donors (Lipinski definition) is 1. The minimum absolute atomic E-state index is 0.0113. The summed E-state index contributed by atoms with van der Waals surface area (Å²) >= 11 is 0. The number of hydrogen-bond acceptors (Lipinski definition) is 5. The quantitative estimate of drug-likeness (QED) is 0.488. The lowest BCUT2D eigenvalue weighted by atomic mass is 9.96. The van der Waals surface area contributed by atoms with Gasteiger partial charge in [0.25, 0.3) is 11.7 Å². The topological polar surface area (TPSA) is 73.7 Å². The summed E-state index contributed by atoms with van der Waals surface area (Å²) in [5, 5.41) is 10.9. The van der Waals surface area contributed by atoms with E-state index in [2.05, 4.69) is 4.98 Å². The molecule has 0 bridgehead atoms. The minimum atomic E-state index is -0.757. The molecule has 1 fully saturated rings. The van der Waals surface area contributed by atoms with E-state index in [1.165, 1.54) is 23.1 Å². The first-order valence-electron chi connectivity index (χ1n) is 8.91. The summed E-state index contributed by atoms with van der Waals surface area (Å²) in [6.07, 6.45) is 3.17. The van der Waals surface area contributed by atoms with Crippen molar-refractivity contribution >= 4 is 17.4 Å². The molecule has 1 unspecified atom stereocenters. The van der Waals surface area contributed by atoms with Gasteiger partial charge in [-0.1, -0.05) is 6.07 Å². The fraction of sp³-hybridized carbons (Fsp3) is 0.286. The molecule has 2 heterocycles. The van der Waals surface area contributed by atoms with Gasteiger partial charge in [-0.3, -0.25) is 14.6 Å². The highest BCUT2D eigenvalue weighted by atomic mass is 19.1. The maximum Gasteiger partial charge on any atom is 0.295 e. The highest BCUT2D eigenvalue weighted by Crippen LogP contribution is 2.39. The molecule has 1 aliphatic heterocycles. The maximum absolute atomic E-state index is 13.6. The lowest BCUT2D eigenvalue weighted by Crippen LogP contribution is -2.35. The van der Waals surface area contributed by atoms with Gasteiger partial charge in [-0.25, -0.2) is 4.39 Å². The number of aryl methyl sites for hydroxylation is 1. The van der Waals surface area contributed by atoms with E-state index in [-0.39, 0.29) is 11.3 Å². The van der Waals surface area contributed by atoms with Crippen molar-refractivity contribution in [2.45, 2.75) is 13.0 Å². The molecule has 1 aromatic heterocycles. The monoisotopic (exact) mass is 383 g/mol. The molecular weight excluding hydrogens is 361 g/mol. The number of amides is 1. The van der Waals surface area contributed by atoms with Crippen LogP contribution in [0.15, 0.2) is 48.3 Å². The number of aromatic nitrogens is 1. The molecule has 146 valence electrons. The third-order valence-electron chi connectivity index (χ3n) is 4.76. The molecular formula is C21H22FN3O3. The molecule has 2 aromatic rings. The molecule has 1 aromatic carbocycles.